The number of benzene rings is 2. The molecule has 0 unspecified atom stereocenters. The molecule has 1 amide bonds. The molecule has 0 radical (unpaired) electrons. The smallest absolute Gasteiger partial charge is 0.224 e. The standard InChI is InChI=1S/C20H25NO3/c1-23-18-12-10-16(11-13-18)15-20(22)21-14-6-5-8-17-7-3-4-9-19(17)24-2/h3-4,7,9-13H,5-6,8,14-15H2,1-2H3,(H,21,22). The molecule has 0 saturated heterocycles. The first kappa shape index (κ1) is 17.9. The van der Waals surface area contributed by atoms with E-state index in [-0.39, 0.29) is 5.91 Å². The van der Waals surface area contributed by atoms with Crippen molar-refractivity contribution in [3.05, 3.63) is 59.7 Å². The van der Waals surface area contributed by atoms with Crippen molar-refractivity contribution in [2.24, 2.45) is 0 Å². The molecule has 0 bridgehead atoms. The minimum atomic E-state index is 0.0532. The van der Waals surface area contributed by atoms with Crippen LogP contribution < -0.4 is 14.8 Å². The second kappa shape index (κ2) is 9.60. The maximum absolute atomic E-state index is 11.9. The van der Waals surface area contributed by atoms with Crippen molar-refractivity contribution in [1.82, 2.24) is 5.32 Å². The number of amides is 1. The Bertz CT molecular complexity index is 638. The molecule has 2 aromatic rings. The summed E-state index contributed by atoms with van der Waals surface area (Å²) in [5, 5.41) is 2.97. The zero-order valence-electron chi connectivity index (χ0n) is 14.4. The first-order valence-electron chi connectivity index (χ1n) is 8.24. The van der Waals surface area contributed by atoms with Crippen LogP contribution in [0, 0.1) is 0 Å². The molecule has 0 aromatic heterocycles. The van der Waals surface area contributed by atoms with E-state index in [0.717, 1.165) is 36.3 Å². The molecular weight excluding hydrogens is 302 g/mol. The van der Waals surface area contributed by atoms with Gasteiger partial charge in [-0.15, -0.1) is 0 Å². The van der Waals surface area contributed by atoms with Gasteiger partial charge in [0.15, 0.2) is 0 Å². The topological polar surface area (TPSA) is 47.6 Å². The van der Waals surface area contributed by atoms with Gasteiger partial charge in [-0.25, -0.2) is 0 Å². The summed E-state index contributed by atoms with van der Waals surface area (Å²) >= 11 is 0. The average molecular weight is 327 g/mol. The predicted molar refractivity (Wildman–Crippen MR) is 95.6 cm³/mol. The number of hydrogen-bond donors (Lipinski definition) is 1. The molecule has 1 N–H and O–H groups in total. The highest BCUT2D eigenvalue weighted by atomic mass is 16.5. The van der Waals surface area contributed by atoms with Crippen LogP contribution in [-0.4, -0.2) is 26.7 Å². The van der Waals surface area contributed by atoms with Gasteiger partial charge in [0.05, 0.1) is 20.6 Å². The Labute approximate surface area is 143 Å². The number of hydrogen-bond acceptors (Lipinski definition) is 3. The number of methoxy groups -OCH3 is 2. The van der Waals surface area contributed by atoms with Gasteiger partial charge in [-0.2, -0.15) is 0 Å². The zero-order valence-corrected chi connectivity index (χ0v) is 14.4. The van der Waals surface area contributed by atoms with E-state index < -0.39 is 0 Å². The first-order chi connectivity index (χ1) is 11.7. The third kappa shape index (κ3) is 5.61. The summed E-state index contributed by atoms with van der Waals surface area (Å²) < 4.78 is 10.5. The van der Waals surface area contributed by atoms with Gasteiger partial charge in [0.2, 0.25) is 5.91 Å². The van der Waals surface area contributed by atoms with Crippen molar-refractivity contribution in [2.45, 2.75) is 25.7 Å². The van der Waals surface area contributed by atoms with E-state index in [0.29, 0.717) is 13.0 Å². The van der Waals surface area contributed by atoms with Crippen LogP contribution in [0.3, 0.4) is 0 Å². The van der Waals surface area contributed by atoms with E-state index in [2.05, 4.69) is 11.4 Å². The molecular formula is C20H25NO3. The van der Waals surface area contributed by atoms with Crippen LogP contribution in [0.5, 0.6) is 11.5 Å². The summed E-state index contributed by atoms with van der Waals surface area (Å²) in [5.41, 5.74) is 2.20. The van der Waals surface area contributed by atoms with Crippen molar-refractivity contribution in [3.63, 3.8) is 0 Å². The monoisotopic (exact) mass is 327 g/mol. The van der Waals surface area contributed by atoms with Gasteiger partial charge in [0.25, 0.3) is 0 Å². The van der Waals surface area contributed by atoms with Gasteiger partial charge in [0.1, 0.15) is 11.5 Å². The molecule has 0 aliphatic rings. The van der Waals surface area contributed by atoms with Gasteiger partial charge in [-0.1, -0.05) is 30.3 Å². The van der Waals surface area contributed by atoms with Crippen molar-refractivity contribution >= 4 is 5.91 Å². The molecule has 0 atom stereocenters. The molecule has 2 rings (SSSR count). The quantitative estimate of drug-likeness (QED) is 0.718. The Morgan fingerprint density at radius 1 is 0.958 bits per heavy atom. The number of aryl methyl sites for hydroxylation is 1. The van der Waals surface area contributed by atoms with Crippen molar-refractivity contribution < 1.29 is 14.3 Å². The molecule has 4 nitrogen and oxygen atoms in total. The summed E-state index contributed by atoms with van der Waals surface area (Å²) in [7, 11) is 3.32. The van der Waals surface area contributed by atoms with Gasteiger partial charge in [-0.3, -0.25) is 4.79 Å². The zero-order chi connectivity index (χ0) is 17.2. The number of carbonyl (C=O) groups excluding carboxylic acids is 1. The van der Waals surface area contributed by atoms with Crippen LogP contribution in [0.15, 0.2) is 48.5 Å². The molecule has 0 aliphatic heterocycles. The largest absolute Gasteiger partial charge is 0.497 e. The van der Waals surface area contributed by atoms with Crippen molar-refractivity contribution in [2.75, 3.05) is 20.8 Å². The fraction of sp³-hybridized carbons (Fsp3) is 0.350. The average Bonchev–Trinajstić information content (AvgIpc) is 2.62. The molecule has 0 saturated carbocycles. The summed E-state index contributed by atoms with van der Waals surface area (Å²) in [5.74, 6) is 1.79. The Morgan fingerprint density at radius 2 is 1.71 bits per heavy atom. The number of carbonyl (C=O) groups is 1. The minimum Gasteiger partial charge on any atom is -0.497 e. The van der Waals surface area contributed by atoms with E-state index in [9.17, 15) is 4.79 Å². The maximum Gasteiger partial charge on any atom is 0.224 e. The SMILES string of the molecule is COc1ccc(CC(=O)NCCCCc2ccccc2OC)cc1. The normalized spacial score (nSPS) is 10.2. The lowest BCUT2D eigenvalue weighted by Crippen LogP contribution is -2.26. The molecule has 0 fully saturated rings. The molecule has 24 heavy (non-hydrogen) atoms. The molecule has 0 spiro atoms. The van der Waals surface area contributed by atoms with E-state index in [4.69, 9.17) is 9.47 Å². The first-order valence-corrected chi connectivity index (χ1v) is 8.24. The highest BCUT2D eigenvalue weighted by Gasteiger charge is 2.04. The van der Waals surface area contributed by atoms with E-state index >= 15 is 0 Å². The van der Waals surface area contributed by atoms with Crippen LogP contribution >= 0.6 is 0 Å². The summed E-state index contributed by atoms with van der Waals surface area (Å²) in [6.07, 6.45) is 3.32. The van der Waals surface area contributed by atoms with E-state index in [1.165, 1.54) is 5.56 Å². The van der Waals surface area contributed by atoms with Gasteiger partial charge < -0.3 is 14.8 Å². The summed E-state index contributed by atoms with van der Waals surface area (Å²) in [6, 6.07) is 15.6. The van der Waals surface area contributed by atoms with Gasteiger partial charge in [0, 0.05) is 6.54 Å². The molecule has 2 aromatic carbocycles. The fourth-order valence-electron chi connectivity index (χ4n) is 2.57. The van der Waals surface area contributed by atoms with Crippen LogP contribution in [0.1, 0.15) is 24.0 Å². The third-order valence-corrected chi connectivity index (χ3v) is 3.91. The van der Waals surface area contributed by atoms with E-state index in [1.54, 1.807) is 14.2 Å². The summed E-state index contributed by atoms with van der Waals surface area (Å²) in [6.45, 7) is 0.699. The number of nitrogens with one attached hydrogen (secondary N) is 1. The highest BCUT2D eigenvalue weighted by molar-refractivity contribution is 5.78. The molecule has 128 valence electrons. The number of rotatable bonds is 9. The highest BCUT2D eigenvalue weighted by Crippen LogP contribution is 2.19. The lowest BCUT2D eigenvalue weighted by atomic mass is 10.1. The lowest BCUT2D eigenvalue weighted by Gasteiger charge is -2.09. The Balaban J connectivity index is 1.65. The number of para-hydroxylation sites is 1. The third-order valence-electron chi connectivity index (χ3n) is 3.91. The summed E-state index contributed by atoms with van der Waals surface area (Å²) in [4.78, 5) is 11.9. The van der Waals surface area contributed by atoms with Crippen molar-refractivity contribution in [1.29, 1.82) is 0 Å². The van der Waals surface area contributed by atoms with Crippen molar-refractivity contribution in [3.8, 4) is 11.5 Å². The molecule has 0 heterocycles. The molecule has 4 heteroatoms. The van der Waals surface area contributed by atoms with Gasteiger partial charge in [-0.05, 0) is 48.6 Å². The minimum absolute atomic E-state index is 0.0532. The fourth-order valence-corrected chi connectivity index (χ4v) is 2.57. The van der Waals surface area contributed by atoms with Crippen LogP contribution in [0.2, 0.25) is 0 Å². The van der Waals surface area contributed by atoms with Crippen LogP contribution in [0.25, 0.3) is 0 Å². The number of unbranched alkanes of at least 4 members (excludes halogenated alkanes) is 1. The second-order valence-electron chi connectivity index (χ2n) is 5.64. The Kier molecular flexibility index (Phi) is 7.15. The van der Waals surface area contributed by atoms with Crippen LogP contribution in [0.4, 0.5) is 0 Å². The lowest BCUT2D eigenvalue weighted by molar-refractivity contribution is -0.120. The second-order valence-corrected chi connectivity index (χ2v) is 5.64. The maximum atomic E-state index is 11.9. The number of ether oxygens (including phenoxy) is 2. The Hall–Kier alpha value is -2.49. The Morgan fingerprint density at radius 3 is 2.42 bits per heavy atom. The van der Waals surface area contributed by atoms with E-state index in [1.807, 2.05) is 42.5 Å². The van der Waals surface area contributed by atoms with Gasteiger partial charge >= 0.3 is 0 Å². The molecule has 0 aliphatic carbocycles. The van der Waals surface area contributed by atoms with Crippen LogP contribution in [-0.2, 0) is 17.6 Å². The predicted octanol–water partition coefficient (Wildman–Crippen LogP) is 3.39.